The maximum absolute atomic E-state index is 5.40. The van der Waals surface area contributed by atoms with Gasteiger partial charge in [0.1, 0.15) is 5.82 Å². The molecule has 1 aromatic heterocycles. The van der Waals surface area contributed by atoms with Gasteiger partial charge >= 0.3 is 0 Å². The molecule has 1 aromatic rings. The molecule has 0 spiro atoms. The summed E-state index contributed by atoms with van der Waals surface area (Å²) in [6.45, 7) is 5.10. The van der Waals surface area contributed by atoms with E-state index in [9.17, 15) is 0 Å². The van der Waals surface area contributed by atoms with Gasteiger partial charge in [-0.3, -0.25) is 0 Å². The molecule has 0 unspecified atom stereocenters. The lowest BCUT2D eigenvalue weighted by Gasteiger charge is -2.33. The number of methoxy groups -OCH3 is 1. The minimum Gasteiger partial charge on any atom is -0.381 e. The van der Waals surface area contributed by atoms with E-state index in [1.807, 2.05) is 13.2 Å². The highest BCUT2D eigenvalue weighted by molar-refractivity contribution is 5.47. The van der Waals surface area contributed by atoms with Crippen LogP contribution in [0.4, 0.5) is 5.82 Å². The molecular formula is C14H23N3O. The number of hydrogen-bond acceptors (Lipinski definition) is 4. The van der Waals surface area contributed by atoms with Crippen LogP contribution in [0.15, 0.2) is 12.3 Å². The highest BCUT2D eigenvalue weighted by Gasteiger charge is 2.20. The Labute approximate surface area is 109 Å². The summed E-state index contributed by atoms with van der Waals surface area (Å²) in [6.07, 6.45) is 4.58. The molecule has 0 amide bonds. The van der Waals surface area contributed by atoms with Crippen LogP contribution in [0.25, 0.3) is 0 Å². The van der Waals surface area contributed by atoms with E-state index in [4.69, 9.17) is 4.74 Å². The monoisotopic (exact) mass is 249 g/mol. The van der Waals surface area contributed by atoms with Crippen molar-refractivity contribution < 1.29 is 4.74 Å². The van der Waals surface area contributed by atoms with Gasteiger partial charge in [0, 0.05) is 32.9 Å². The van der Waals surface area contributed by atoms with Crippen LogP contribution in [-0.2, 0) is 11.3 Å². The van der Waals surface area contributed by atoms with E-state index in [1.165, 1.54) is 11.1 Å². The molecule has 100 valence electrons. The zero-order valence-electron chi connectivity index (χ0n) is 11.6. The zero-order valence-corrected chi connectivity index (χ0v) is 11.6. The van der Waals surface area contributed by atoms with Crippen LogP contribution in [0.1, 0.15) is 24.0 Å². The predicted molar refractivity (Wildman–Crippen MR) is 74.0 cm³/mol. The van der Waals surface area contributed by atoms with Gasteiger partial charge in [0.25, 0.3) is 0 Å². The van der Waals surface area contributed by atoms with Crippen LogP contribution in [0.3, 0.4) is 0 Å². The summed E-state index contributed by atoms with van der Waals surface area (Å²) < 4.78 is 5.40. The Morgan fingerprint density at radius 1 is 1.44 bits per heavy atom. The molecule has 0 radical (unpaired) electrons. The lowest BCUT2D eigenvalue weighted by molar-refractivity contribution is 0.0818. The number of ether oxygens (including phenoxy) is 1. The zero-order chi connectivity index (χ0) is 13.0. The molecule has 0 bridgehead atoms. The van der Waals surface area contributed by atoms with Gasteiger partial charge in [0.05, 0.1) is 6.10 Å². The van der Waals surface area contributed by atoms with Crippen LogP contribution >= 0.6 is 0 Å². The first-order valence-electron chi connectivity index (χ1n) is 6.62. The molecule has 0 atom stereocenters. The maximum Gasteiger partial charge on any atom is 0.131 e. The van der Waals surface area contributed by atoms with Gasteiger partial charge in [0.2, 0.25) is 0 Å². The fourth-order valence-corrected chi connectivity index (χ4v) is 2.56. The summed E-state index contributed by atoms with van der Waals surface area (Å²) in [6, 6.07) is 2.22. The summed E-state index contributed by atoms with van der Waals surface area (Å²) in [5, 5.41) is 3.15. The van der Waals surface area contributed by atoms with Crippen LogP contribution < -0.4 is 10.2 Å². The van der Waals surface area contributed by atoms with Gasteiger partial charge in [-0.2, -0.15) is 0 Å². The van der Waals surface area contributed by atoms with Gasteiger partial charge in [0.15, 0.2) is 0 Å². The topological polar surface area (TPSA) is 37.4 Å². The Morgan fingerprint density at radius 2 is 2.17 bits per heavy atom. The number of aryl methyl sites for hydroxylation is 1. The van der Waals surface area contributed by atoms with E-state index in [1.54, 1.807) is 7.11 Å². The Kier molecular flexibility index (Phi) is 4.55. The molecule has 1 aliphatic heterocycles. The van der Waals surface area contributed by atoms with Crippen LogP contribution in [0.2, 0.25) is 0 Å². The summed E-state index contributed by atoms with van der Waals surface area (Å²) in [5.41, 5.74) is 2.50. The number of aromatic nitrogens is 1. The van der Waals surface area contributed by atoms with Crippen molar-refractivity contribution in [2.45, 2.75) is 32.4 Å². The second-order valence-corrected chi connectivity index (χ2v) is 4.94. The van der Waals surface area contributed by atoms with Gasteiger partial charge in [-0.25, -0.2) is 4.98 Å². The Bertz CT molecular complexity index is 387. The van der Waals surface area contributed by atoms with Gasteiger partial charge in [-0.05, 0) is 44.0 Å². The molecule has 0 aliphatic carbocycles. The SMILES string of the molecule is CNCc1cnc(N2CCC(OC)CC2)c(C)c1. The molecule has 4 heteroatoms. The van der Waals surface area contributed by atoms with Crippen molar-refractivity contribution in [2.75, 3.05) is 32.1 Å². The number of piperidine rings is 1. The summed E-state index contributed by atoms with van der Waals surface area (Å²) in [5.74, 6) is 1.13. The van der Waals surface area contributed by atoms with Crippen molar-refractivity contribution in [3.05, 3.63) is 23.4 Å². The number of nitrogens with one attached hydrogen (secondary N) is 1. The average molecular weight is 249 g/mol. The highest BCUT2D eigenvalue weighted by Crippen LogP contribution is 2.23. The molecular weight excluding hydrogens is 226 g/mol. The van der Waals surface area contributed by atoms with Crippen LogP contribution in [0.5, 0.6) is 0 Å². The molecule has 1 N–H and O–H groups in total. The molecule has 18 heavy (non-hydrogen) atoms. The van der Waals surface area contributed by atoms with Crippen molar-refractivity contribution in [1.29, 1.82) is 0 Å². The van der Waals surface area contributed by atoms with E-state index < -0.39 is 0 Å². The molecule has 4 nitrogen and oxygen atoms in total. The van der Waals surface area contributed by atoms with Crippen molar-refractivity contribution in [1.82, 2.24) is 10.3 Å². The first-order valence-corrected chi connectivity index (χ1v) is 6.62. The number of nitrogens with zero attached hydrogens (tertiary/aromatic N) is 2. The number of rotatable bonds is 4. The lowest BCUT2D eigenvalue weighted by atomic mass is 10.1. The third-order valence-corrected chi connectivity index (χ3v) is 3.56. The molecule has 2 rings (SSSR count). The molecule has 2 heterocycles. The fraction of sp³-hybridized carbons (Fsp3) is 0.643. The van der Waals surface area contributed by atoms with E-state index >= 15 is 0 Å². The summed E-state index contributed by atoms with van der Waals surface area (Å²) in [7, 11) is 3.76. The second-order valence-electron chi connectivity index (χ2n) is 4.94. The average Bonchev–Trinajstić information content (AvgIpc) is 2.40. The summed E-state index contributed by atoms with van der Waals surface area (Å²) >= 11 is 0. The Morgan fingerprint density at radius 3 is 2.72 bits per heavy atom. The number of pyridine rings is 1. The van der Waals surface area contributed by atoms with E-state index in [0.29, 0.717) is 6.10 Å². The normalized spacial score (nSPS) is 17.2. The van der Waals surface area contributed by atoms with Gasteiger partial charge in [-0.15, -0.1) is 0 Å². The van der Waals surface area contributed by atoms with Gasteiger partial charge in [-0.1, -0.05) is 0 Å². The third kappa shape index (κ3) is 3.00. The van der Waals surface area contributed by atoms with Crippen LogP contribution in [0, 0.1) is 6.92 Å². The predicted octanol–water partition coefficient (Wildman–Crippen LogP) is 1.72. The number of hydrogen-bond donors (Lipinski definition) is 1. The van der Waals surface area contributed by atoms with Gasteiger partial charge < -0.3 is 15.0 Å². The minimum absolute atomic E-state index is 0.421. The lowest BCUT2D eigenvalue weighted by Crippen LogP contribution is -2.37. The van der Waals surface area contributed by atoms with Crippen molar-refractivity contribution in [3.8, 4) is 0 Å². The van der Waals surface area contributed by atoms with Crippen molar-refractivity contribution >= 4 is 5.82 Å². The van der Waals surface area contributed by atoms with E-state index in [0.717, 1.165) is 38.3 Å². The molecule has 0 saturated carbocycles. The standard InChI is InChI=1S/C14H23N3O/c1-11-8-12(9-15-2)10-16-14(11)17-6-4-13(18-3)5-7-17/h8,10,13,15H,4-7,9H2,1-3H3. The number of anilines is 1. The molecule has 1 fully saturated rings. The molecule has 0 aromatic carbocycles. The quantitative estimate of drug-likeness (QED) is 0.882. The second kappa shape index (κ2) is 6.16. The third-order valence-electron chi connectivity index (χ3n) is 3.56. The van der Waals surface area contributed by atoms with Crippen molar-refractivity contribution in [3.63, 3.8) is 0 Å². The van der Waals surface area contributed by atoms with E-state index in [-0.39, 0.29) is 0 Å². The van der Waals surface area contributed by atoms with E-state index in [2.05, 4.69) is 28.2 Å². The van der Waals surface area contributed by atoms with Crippen LogP contribution in [-0.4, -0.2) is 38.3 Å². The maximum atomic E-state index is 5.40. The molecule has 1 aliphatic rings. The fourth-order valence-electron chi connectivity index (χ4n) is 2.56. The van der Waals surface area contributed by atoms with Crippen molar-refractivity contribution in [2.24, 2.45) is 0 Å². The Balaban J connectivity index is 2.05. The first-order chi connectivity index (χ1) is 8.74. The molecule has 1 saturated heterocycles. The summed E-state index contributed by atoms with van der Waals surface area (Å²) in [4.78, 5) is 6.99. The minimum atomic E-state index is 0.421. The largest absolute Gasteiger partial charge is 0.381 e. The Hall–Kier alpha value is -1.13. The highest BCUT2D eigenvalue weighted by atomic mass is 16.5. The smallest absolute Gasteiger partial charge is 0.131 e. The first kappa shape index (κ1) is 13.3.